The second-order valence-corrected chi connectivity index (χ2v) is 7.75. The van der Waals surface area contributed by atoms with E-state index in [4.69, 9.17) is 4.52 Å². The molecule has 150 valence electrons. The first-order valence-electron chi connectivity index (χ1n) is 8.83. The number of amides is 1. The quantitative estimate of drug-likeness (QED) is 0.541. The molecule has 0 spiro atoms. The molecule has 4 rings (SSSR count). The maximum atomic E-state index is 12.7. The minimum atomic E-state index is -4.38. The van der Waals surface area contributed by atoms with Gasteiger partial charge in [-0.3, -0.25) is 4.79 Å². The van der Waals surface area contributed by atoms with Crippen molar-refractivity contribution in [3.63, 3.8) is 0 Å². The van der Waals surface area contributed by atoms with Gasteiger partial charge < -0.3 is 9.42 Å². The number of hydrogen-bond donors (Lipinski definition) is 0. The molecule has 1 aromatic heterocycles. The molecule has 2 heterocycles. The summed E-state index contributed by atoms with van der Waals surface area (Å²) in [6.45, 7) is 0.611. The topological polar surface area (TPSA) is 59.2 Å². The molecule has 1 atom stereocenters. The van der Waals surface area contributed by atoms with Crippen LogP contribution in [0.25, 0.3) is 11.4 Å². The molecular weight excluding hydrogens is 451 g/mol. The van der Waals surface area contributed by atoms with E-state index in [0.717, 1.165) is 22.2 Å². The standard InChI is InChI=1S/C20H15BrF3N3O2/c21-16-3-1-2-13(8-16)18-25-19(29-26-18)14-9-17(28)27(11-14)10-12-4-6-15(7-5-12)20(22,23)24/h1-8,14H,9-11H2. The minimum absolute atomic E-state index is 0.0999. The molecule has 2 aromatic carbocycles. The van der Waals surface area contributed by atoms with E-state index < -0.39 is 11.7 Å². The van der Waals surface area contributed by atoms with Gasteiger partial charge in [-0.05, 0) is 29.8 Å². The van der Waals surface area contributed by atoms with Crippen LogP contribution in [0.15, 0.2) is 57.5 Å². The summed E-state index contributed by atoms with van der Waals surface area (Å²) in [6, 6.07) is 12.3. The second kappa shape index (κ2) is 7.62. The molecule has 1 amide bonds. The lowest BCUT2D eigenvalue weighted by atomic mass is 10.1. The molecule has 1 saturated heterocycles. The largest absolute Gasteiger partial charge is 0.416 e. The maximum absolute atomic E-state index is 12.7. The number of benzene rings is 2. The second-order valence-electron chi connectivity index (χ2n) is 6.84. The van der Waals surface area contributed by atoms with E-state index in [-0.39, 0.29) is 24.8 Å². The van der Waals surface area contributed by atoms with E-state index in [1.54, 1.807) is 4.90 Å². The average molecular weight is 466 g/mol. The van der Waals surface area contributed by atoms with E-state index in [0.29, 0.717) is 23.8 Å². The zero-order valence-corrected chi connectivity index (χ0v) is 16.6. The molecule has 3 aromatic rings. The Labute approximate surface area is 172 Å². The fourth-order valence-corrected chi connectivity index (χ4v) is 3.66. The van der Waals surface area contributed by atoms with Crippen LogP contribution in [0.1, 0.15) is 29.4 Å². The van der Waals surface area contributed by atoms with Gasteiger partial charge in [0, 0.05) is 29.5 Å². The van der Waals surface area contributed by atoms with E-state index in [9.17, 15) is 18.0 Å². The van der Waals surface area contributed by atoms with Gasteiger partial charge in [-0.25, -0.2) is 0 Å². The molecule has 1 unspecified atom stereocenters. The Bertz CT molecular complexity index is 1030. The molecular formula is C20H15BrF3N3O2. The summed E-state index contributed by atoms with van der Waals surface area (Å²) in [5.74, 6) is 0.473. The first-order chi connectivity index (χ1) is 13.8. The van der Waals surface area contributed by atoms with Gasteiger partial charge >= 0.3 is 6.18 Å². The number of aromatic nitrogens is 2. The third-order valence-electron chi connectivity index (χ3n) is 4.74. The Morgan fingerprint density at radius 1 is 1.17 bits per heavy atom. The van der Waals surface area contributed by atoms with Crippen LogP contribution >= 0.6 is 15.9 Å². The lowest BCUT2D eigenvalue weighted by Crippen LogP contribution is -2.24. The van der Waals surface area contributed by atoms with Gasteiger partial charge in [0.05, 0.1) is 11.5 Å². The highest BCUT2D eigenvalue weighted by Crippen LogP contribution is 2.32. The number of carbonyl (C=O) groups excluding carboxylic acids is 1. The summed E-state index contributed by atoms with van der Waals surface area (Å²) < 4.78 is 44.3. The number of halogens is 4. The Kier molecular flexibility index (Phi) is 5.16. The van der Waals surface area contributed by atoms with Gasteiger partial charge in [0.2, 0.25) is 17.6 Å². The van der Waals surface area contributed by atoms with Crippen molar-refractivity contribution in [3.8, 4) is 11.4 Å². The number of likely N-dealkylation sites (tertiary alicyclic amines) is 1. The van der Waals surface area contributed by atoms with Crippen LogP contribution in [0.3, 0.4) is 0 Å². The minimum Gasteiger partial charge on any atom is -0.339 e. The molecule has 29 heavy (non-hydrogen) atoms. The highest BCUT2D eigenvalue weighted by molar-refractivity contribution is 9.10. The fourth-order valence-electron chi connectivity index (χ4n) is 3.26. The fraction of sp³-hybridized carbons (Fsp3) is 0.250. The Morgan fingerprint density at radius 3 is 2.62 bits per heavy atom. The molecule has 9 heteroatoms. The summed E-state index contributed by atoms with van der Waals surface area (Å²) in [7, 11) is 0. The molecule has 1 fully saturated rings. The predicted octanol–water partition coefficient (Wildman–Crippen LogP) is 5.03. The predicted molar refractivity (Wildman–Crippen MR) is 102 cm³/mol. The molecule has 0 aliphatic carbocycles. The molecule has 0 bridgehead atoms. The van der Waals surface area contributed by atoms with Crippen LogP contribution in [0.2, 0.25) is 0 Å². The van der Waals surface area contributed by atoms with Gasteiger partial charge in [-0.15, -0.1) is 0 Å². The number of carbonyl (C=O) groups is 1. The van der Waals surface area contributed by atoms with E-state index in [2.05, 4.69) is 26.1 Å². The normalized spacial score (nSPS) is 17.2. The summed E-state index contributed by atoms with van der Waals surface area (Å²) in [4.78, 5) is 18.4. The highest BCUT2D eigenvalue weighted by atomic mass is 79.9. The van der Waals surface area contributed by atoms with Crippen molar-refractivity contribution in [1.82, 2.24) is 15.0 Å². The Hall–Kier alpha value is -2.68. The van der Waals surface area contributed by atoms with Gasteiger partial charge in [0.1, 0.15) is 0 Å². The van der Waals surface area contributed by atoms with E-state index in [1.807, 2.05) is 24.3 Å². The van der Waals surface area contributed by atoms with Crippen molar-refractivity contribution in [3.05, 3.63) is 70.0 Å². The van der Waals surface area contributed by atoms with Crippen LogP contribution in [0.5, 0.6) is 0 Å². The maximum Gasteiger partial charge on any atom is 0.416 e. The van der Waals surface area contributed by atoms with Crippen molar-refractivity contribution in [2.45, 2.75) is 25.1 Å². The van der Waals surface area contributed by atoms with Crippen LogP contribution in [-0.4, -0.2) is 27.5 Å². The molecule has 0 saturated carbocycles. The van der Waals surface area contributed by atoms with Crippen LogP contribution in [-0.2, 0) is 17.5 Å². The number of nitrogens with zero attached hydrogens (tertiary/aromatic N) is 3. The lowest BCUT2D eigenvalue weighted by molar-refractivity contribution is -0.137. The van der Waals surface area contributed by atoms with E-state index >= 15 is 0 Å². The van der Waals surface area contributed by atoms with E-state index in [1.165, 1.54) is 12.1 Å². The zero-order chi connectivity index (χ0) is 20.6. The zero-order valence-electron chi connectivity index (χ0n) is 15.0. The van der Waals surface area contributed by atoms with Crippen molar-refractivity contribution in [2.24, 2.45) is 0 Å². The SMILES string of the molecule is O=C1CC(c2nc(-c3cccc(Br)c3)no2)CN1Cc1ccc(C(F)(F)F)cc1. The molecule has 0 radical (unpaired) electrons. The van der Waals surface area contributed by atoms with Crippen molar-refractivity contribution in [1.29, 1.82) is 0 Å². The van der Waals surface area contributed by atoms with Gasteiger partial charge in [-0.1, -0.05) is 45.4 Å². The number of alkyl halides is 3. The molecule has 1 aliphatic heterocycles. The first kappa shape index (κ1) is 19.6. The Morgan fingerprint density at radius 2 is 1.93 bits per heavy atom. The molecule has 0 N–H and O–H groups in total. The van der Waals surface area contributed by atoms with Crippen LogP contribution in [0, 0.1) is 0 Å². The van der Waals surface area contributed by atoms with Crippen molar-refractivity contribution < 1.29 is 22.5 Å². The third-order valence-corrected chi connectivity index (χ3v) is 5.24. The van der Waals surface area contributed by atoms with Gasteiger partial charge in [0.25, 0.3) is 0 Å². The summed E-state index contributed by atoms with van der Waals surface area (Å²) in [6.07, 6.45) is -4.15. The smallest absolute Gasteiger partial charge is 0.339 e. The highest BCUT2D eigenvalue weighted by Gasteiger charge is 2.35. The van der Waals surface area contributed by atoms with Crippen molar-refractivity contribution in [2.75, 3.05) is 6.54 Å². The summed E-state index contributed by atoms with van der Waals surface area (Å²) >= 11 is 3.40. The summed E-state index contributed by atoms with van der Waals surface area (Å²) in [5.41, 5.74) is 0.713. The molecule has 1 aliphatic rings. The third kappa shape index (κ3) is 4.34. The lowest BCUT2D eigenvalue weighted by Gasteiger charge is -2.16. The first-order valence-corrected chi connectivity index (χ1v) is 9.62. The number of hydrogen-bond acceptors (Lipinski definition) is 4. The average Bonchev–Trinajstić information content (AvgIpc) is 3.29. The van der Waals surface area contributed by atoms with Crippen LogP contribution in [0.4, 0.5) is 13.2 Å². The summed E-state index contributed by atoms with van der Waals surface area (Å²) in [5, 5.41) is 4.00. The Balaban J connectivity index is 1.44. The van der Waals surface area contributed by atoms with Gasteiger partial charge in [-0.2, -0.15) is 18.2 Å². The van der Waals surface area contributed by atoms with Gasteiger partial charge in [0.15, 0.2) is 0 Å². The molecule has 5 nitrogen and oxygen atoms in total. The van der Waals surface area contributed by atoms with Crippen LogP contribution < -0.4 is 0 Å². The van der Waals surface area contributed by atoms with Crippen molar-refractivity contribution >= 4 is 21.8 Å². The monoisotopic (exact) mass is 465 g/mol. The number of rotatable bonds is 4.